The average Bonchev–Trinajstić information content (AvgIpc) is 3.30. The molecule has 2 aromatic rings. The highest BCUT2D eigenvalue weighted by Crippen LogP contribution is 2.34. The van der Waals surface area contributed by atoms with Crippen molar-refractivity contribution in [3.8, 4) is 0 Å². The number of benzene rings is 2. The van der Waals surface area contributed by atoms with Gasteiger partial charge >= 0.3 is 0 Å². The number of ether oxygens (including phenoxy) is 1. The number of rotatable bonds is 5. The molecule has 2 aliphatic heterocycles. The first-order chi connectivity index (χ1) is 14.5. The molecule has 7 heteroatoms. The van der Waals surface area contributed by atoms with Gasteiger partial charge in [-0.05, 0) is 54.2 Å². The minimum atomic E-state index is -1.40. The van der Waals surface area contributed by atoms with Gasteiger partial charge in [-0.1, -0.05) is 35.9 Å². The third-order valence-corrected chi connectivity index (χ3v) is 6.46. The fourth-order valence-electron chi connectivity index (χ4n) is 4.30. The standard InChI is InChI=1S/C23H28ClNO5/c24-18-8-5-15(23-22(29)21(28)20(27)19(13-26)30-23)12-16(18)11-14-3-6-17(7-4-14)25-9-1-2-10-25/h3-8,12,19-23,26-29H,1-2,9-11,13H2/t19-,20-,21+,22-,23+/m1/s1. The van der Waals surface area contributed by atoms with Gasteiger partial charge in [-0.25, -0.2) is 0 Å². The summed E-state index contributed by atoms with van der Waals surface area (Å²) in [5.41, 5.74) is 3.86. The van der Waals surface area contributed by atoms with Gasteiger partial charge in [0.05, 0.1) is 6.61 Å². The SMILES string of the molecule is OC[C@H]1O[C@@H](c2ccc(Cl)c(Cc3ccc(N4CCCC4)cc3)c2)[C@H](O)[C@@H](O)[C@@H]1O. The van der Waals surface area contributed by atoms with Crippen LogP contribution in [0.25, 0.3) is 0 Å². The first-order valence-electron chi connectivity index (χ1n) is 10.4. The molecule has 162 valence electrons. The van der Waals surface area contributed by atoms with Gasteiger partial charge in [0.25, 0.3) is 0 Å². The van der Waals surface area contributed by atoms with Gasteiger partial charge in [-0.3, -0.25) is 0 Å². The minimum absolute atomic E-state index is 0.453. The first-order valence-corrected chi connectivity index (χ1v) is 10.8. The summed E-state index contributed by atoms with van der Waals surface area (Å²) in [6.45, 7) is 1.75. The van der Waals surface area contributed by atoms with E-state index in [-0.39, 0.29) is 0 Å². The summed E-state index contributed by atoms with van der Waals surface area (Å²) in [6, 6.07) is 13.8. The molecule has 4 N–H and O–H groups in total. The van der Waals surface area contributed by atoms with Crippen molar-refractivity contribution in [1.29, 1.82) is 0 Å². The molecule has 0 unspecified atom stereocenters. The zero-order chi connectivity index (χ0) is 21.3. The summed E-state index contributed by atoms with van der Waals surface area (Å²) in [5, 5.41) is 40.5. The summed E-state index contributed by atoms with van der Waals surface area (Å²) >= 11 is 6.42. The second-order valence-corrected chi connectivity index (χ2v) is 8.54. The van der Waals surface area contributed by atoms with Crippen LogP contribution >= 0.6 is 11.6 Å². The number of hydrogen-bond donors (Lipinski definition) is 4. The molecule has 30 heavy (non-hydrogen) atoms. The van der Waals surface area contributed by atoms with Crippen LogP contribution in [0.1, 0.15) is 35.6 Å². The quantitative estimate of drug-likeness (QED) is 0.576. The van der Waals surface area contributed by atoms with E-state index in [2.05, 4.69) is 29.2 Å². The summed E-state index contributed by atoms with van der Waals surface area (Å²) in [6.07, 6.45) is -2.80. The Morgan fingerprint density at radius 2 is 1.63 bits per heavy atom. The van der Waals surface area contributed by atoms with Crippen LogP contribution in [0, 0.1) is 0 Å². The molecule has 2 aromatic carbocycles. The largest absolute Gasteiger partial charge is 0.394 e. The smallest absolute Gasteiger partial charge is 0.113 e. The van der Waals surface area contributed by atoms with Crippen LogP contribution in [0.5, 0.6) is 0 Å². The molecule has 2 aliphatic rings. The van der Waals surface area contributed by atoms with E-state index in [0.717, 1.165) is 24.2 Å². The van der Waals surface area contributed by atoms with E-state index in [1.54, 1.807) is 12.1 Å². The number of halogens is 1. The van der Waals surface area contributed by atoms with Crippen LogP contribution in [0.3, 0.4) is 0 Å². The van der Waals surface area contributed by atoms with Crippen molar-refractivity contribution in [2.24, 2.45) is 0 Å². The highest BCUT2D eigenvalue weighted by Gasteiger charge is 2.44. The predicted molar refractivity (Wildman–Crippen MR) is 115 cm³/mol. The molecule has 5 atom stereocenters. The van der Waals surface area contributed by atoms with Crippen LogP contribution in [-0.2, 0) is 11.2 Å². The molecule has 0 aromatic heterocycles. The summed E-state index contributed by atoms with van der Waals surface area (Å²) < 4.78 is 5.68. The number of anilines is 1. The summed E-state index contributed by atoms with van der Waals surface area (Å²) in [4.78, 5) is 2.39. The van der Waals surface area contributed by atoms with Crippen LogP contribution < -0.4 is 4.90 Å². The Morgan fingerprint density at radius 1 is 0.933 bits per heavy atom. The fourth-order valence-corrected chi connectivity index (χ4v) is 4.49. The van der Waals surface area contributed by atoms with Crippen LogP contribution in [0.4, 0.5) is 5.69 Å². The second-order valence-electron chi connectivity index (χ2n) is 8.14. The van der Waals surface area contributed by atoms with E-state index in [1.165, 1.54) is 18.5 Å². The Labute approximate surface area is 181 Å². The van der Waals surface area contributed by atoms with E-state index in [9.17, 15) is 20.4 Å². The zero-order valence-corrected chi connectivity index (χ0v) is 17.4. The first kappa shape index (κ1) is 21.6. The van der Waals surface area contributed by atoms with Crippen molar-refractivity contribution in [3.63, 3.8) is 0 Å². The van der Waals surface area contributed by atoms with Crippen molar-refractivity contribution < 1.29 is 25.2 Å². The maximum atomic E-state index is 10.4. The number of nitrogens with zero attached hydrogens (tertiary/aromatic N) is 1. The van der Waals surface area contributed by atoms with Gasteiger partial charge in [0, 0.05) is 23.8 Å². The molecule has 4 rings (SSSR count). The van der Waals surface area contributed by atoms with Gasteiger partial charge in [0.15, 0.2) is 0 Å². The second kappa shape index (κ2) is 9.22. The highest BCUT2D eigenvalue weighted by atomic mass is 35.5. The Morgan fingerprint density at radius 3 is 2.30 bits per heavy atom. The Bertz CT molecular complexity index is 853. The summed E-state index contributed by atoms with van der Waals surface area (Å²) in [5.74, 6) is 0. The summed E-state index contributed by atoms with van der Waals surface area (Å²) in [7, 11) is 0. The van der Waals surface area contributed by atoms with Crippen LogP contribution in [-0.4, -0.2) is 64.5 Å². The van der Waals surface area contributed by atoms with Crippen molar-refractivity contribution in [2.45, 2.75) is 49.8 Å². The number of aliphatic hydroxyl groups excluding tert-OH is 4. The molecule has 6 nitrogen and oxygen atoms in total. The highest BCUT2D eigenvalue weighted by molar-refractivity contribution is 6.31. The van der Waals surface area contributed by atoms with Crippen LogP contribution in [0.2, 0.25) is 5.02 Å². The van der Waals surface area contributed by atoms with Crippen molar-refractivity contribution in [2.75, 3.05) is 24.6 Å². The van der Waals surface area contributed by atoms with Gasteiger partial charge in [-0.2, -0.15) is 0 Å². The molecular weight excluding hydrogens is 406 g/mol. The van der Waals surface area contributed by atoms with E-state index >= 15 is 0 Å². The Hall–Kier alpha value is -1.67. The van der Waals surface area contributed by atoms with Gasteiger partial charge < -0.3 is 30.1 Å². The van der Waals surface area contributed by atoms with E-state index in [4.69, 9.17) is 16.3 Å². The van der Waals surface area contributed by atoms with Crippen molar-refractivity contribution in [1.82, 2.24) is 0 Å². The molecule has 0 bridgehead atoms. The average molecular weight is 434 g/mol. The molecule has 0 spiro atoms. The number of hydrogen-bond acceptors (Lipinski definition) is 6. The maximum Gasteiger partial charge on any atom is 0.113 e. The Balaban J connectivity index is 1.53. The minimum Gasteiger partial charge on any atom is -0.394 e. The third-order valence-electron chi connectivity index (χ3n) is 6.09. The molecule has 0 radical (unpaired) electrons. The normalized spacial score (nSPS) is 29.4. The zero-order valence-electron chi connectivity index (χ0n) is 16.7. The van der Waals surface area contributed by atoms with E-state index in [0.29, 0.717) is 17.0 Å². The number of aliphatic hydroxyl groups is 4. The lowest BCUT2D eigenvalue weighted by Gasteiger charge is -2.40. The lowest BCUT2D eigenvalue weighted by Crippen LogP contribution is -2.55. The molecule has 0 aliphatic carbocycles. The molecule has 0 saturated carbocycles. The molecular formula is C23H28ClNO5. The Kier molecular flexibility index (Phi) is 6.63. The van der Waals surface area contributed by atoms with Crippen LogP contribution in [0.15, 0.2) is 42.5 Å². The van der Waals surface area contributed by atoms with Gasteiger partial charge in [-0.15, -0.1) is 0 Å². The predicted octanol–water partition coefficient (Wildman–Crippen LogP) is 2.05. The monoisotopic (exact) mass is 433 g/mol. The topological polar surface area (TPSA) is 93.4 Å². The lowest BCUT2D eigenvalue weighted by molar-refractivity contribution is -0.231. The van der Waals surface area contributed by atoms with Crippen molar-refractivity contribution >= 4 is 17.3 Å². The molecule has 0 amide bonds. The van der Waals surface area contributed by atoms with Crippen molar-refractivity contribution in [3.05, 3.63) is 64.2 Å². The third kappa shape index (κ3) is 4.35. The van der Waals surface area contributed by atoms with E-state index in [1.807, 2.05) is 6.07 Å². The van der Waals surface area contributed by atoms with Gasteiger partial charge in [0.1, 0.15) is 30.5 Å². The lowest BCUT2D eigenvalue weighted by atomic mass is 9.90. The molecule has 2 heterocycles. The molecule has 2 fully saturated rings. The fraction of sp³-hybridized carbons (Fsp3) is 0.478. The molecule has 2 saturated heterocycles. The van der Waals surface area contributed by atoms with Gasteiger partial charge in [0.2, 0.25) is 0 Å². The maximum absolute atomic E-state index is 10.4. The van der Waals surface area contributed by atoms with E-state index < -0.39 is 37.1 Å².